The summed E-state index contributed by atoms with van der Waals surface area (Å²) in [4.78, 5) is 29.2. The maximum absolute atomic E-state index is 14.2. The van der Waals surface area contributed by atoms with Crippen molar-refractivity contribution in [2.75, 3.05) is 33.8 Å². The van der Waals surface area contributed by atoms with Crippen LogP contribution >= 0.6 is 0 Å². The number of carbonyl (C=O) groups excluding carboxylic acids is 2. The van der Waals surface area contributed by atoms with Gasteiger partial charge in [0.1, 0.15) is 12.4 Å². The molecule has 1 N–H and O–H groups in total. The average Bonchev–Trinajstić information content (AvgIpc) is 2.99. The number of nitrogens with zero attached hydrogens (tertiary/aromatic N) is 2. The highest BCUT2D eigenvalue weighted by atomic mass is 19.2. The molecule has 1 fully saturated rings. The highest BCUT2D eigenvalue weighted by molar-refractivity contribution is 5.98. The molecule has 2 aromatic carbocycles. The first-order valence-electron chi connectivity index (χ1n) is 9.71. The van der Waals surface area contributed by atoms with Gasteiger partial charge in [-0.25, -0.2) is 8.78 Å². The van der Waals surface area contributed by atoms with Crippen LogP contribution in [0.5, 0.6) is 5.75 Å². The van der Waals surface area contributed by atoms with Crippen molar-refractivity contribution in [1.82, 2.24) is 15.1 Å². The lowest BCUT2D eigenvalue weighted by Gasteiger charge is -2.34. The smallest absolute Gasteiger partial charge is 0.255 e. The molecule has 1 saturated heterocycles. The number of rotatable bonds is 3. The zero-order chi connectivity index (χ0) is 21.5. The van der Waals surface area contributed by atoms with E-state index in [1.807, 2.05) is 4.90 Å². The summed E-state index contributed by atoms with van der Waals surface area (Å²) in [6.45, 7) is 0.771. The van der Waals surface area contributed by atoms with E-state index in [9.17, 15) is 18.4 Å². The second-order valence-corrected chi connectivity index (χ2v) is 8.06. The lowest BCUT2D eigenvalue weighted by molar-refractivity contribution is -0.134. The largest absolute Gasteiger partial charge is 0.490 e. The average molecular weight is 415 g/mol. The molecule has 0 aromatic heterocycles. The maximum atomic E-state index is 14.2. The minimum atomic E-state index is -0.985. The van der Waals surface area contributed by atoms with E-state index in [0.717, 1.165) is 6.07 Å². The van der Waals surface area contributed by atoms with E-state index >= 15 is 0 Å². The predicted molar refractivity (Wildman–Crippen MR) is 106 cm³/mol. The van der Waals surface area contributed by atoms with Crippen LogP contribution in [0, 0.1) is 17.6 Å². The summed E-state index contributed by atoms with van der Waals surface area (Å²) in [6, 6.07) is 10.9. The third-order valence-electron chi connectivity index (χ3n) is 5.76. The van der Waals surface area contributed by atoms with E-state index in [1.165, 1.54) is 17.0 Å². The molecule has 2 atom stereocenters. The van der Waals surface area contributed by atoms with Gasteiger partial charge in [-0.3, -0.25) is 14.5 Å². The van der Waals surface area contributed by atoms with Crippen molar-refractivity contribution in [2.45, 2.75) is 12.1 Å². The van der Waals surface area contributed by atoms with Gasteiger partial charge in [0.05, 0.1) is 17.0 Å². The van der Waals surface area contributed by atoms with Gasteiger partial charge in [0.15, 0.2) is 11.6 Å². The van der Waals surface area contributed by atoms with E-state index in [2.05, 4.69) is 5.32 Å². The lowest BCUT2D eigenvalue weighted by atomic mass is 9.86. The zero-order valence-corrected chi connectivity index (χ0v) is 16.8. The fraction of sp³-hybridized carbons (Fsp3) is 0.364. The van der Waals surface area contributed by atoms with Crippen molar-refractivity contribution in [3.63, 3.8) is 0 Å². The SMILES string of the molecule is CN(C)C(=O)[C@H]1CN(Cc2cccc(F)c2F)C[C@@]12COc1ccccc1C(=O)N2. The summed E-state index contributed by atoms with van der Waals surface area (Å²) in [5.41, 5.74) is -0.381. The van der Waals surface area contributed by atoms with Gasteiger partial charge in [0, 0.05) is 39.3 Å². The molecule has 6 nitrogen and oxygen atoms in total. The van der Waals surface area contributed by atoms with E-state index in [1.54, 1.807) is 38.4 Å². The molecule has 2 aliphatic rings. The predicted octanol–water partition coefficient (Wildman–Crippen LogP) is 2.05. The number of hydrogen-bond donors (Lipinski definition) is 1. The minimum absolute atomic E-state index is 0.0993. The number of para-hydroxylation sites is 1. The van der Waals surface area contributed by atoms with Crippen molar-refractivity contribution in [3.8, 4) is 5.75 Å². The van der Waals surface area contributed by atoms with Gasteiger partial charge in [-0.2, -0.15) is 0 Å². The van der Waals surface area contributed by atoms with E-state index in [-0.39, 0.29) is 43.6 Å². The third kappa shape index (κ3) is 3.52. The summed E-state index contributed by atoms with van der Waals surface area (Å²) in [5.74, 6) is -2.43. The van der Waals surface area contributed by atoms with Crippen LogP contribution in [0.4, 0.5) is 8.78 Å². The van der Waals surface area contributed by atoms with Crippen LogP contribution in [-0.4, -0.2) is 60.9 Å². The van der Waals surface area contributed by atoms with Crippen molar-refractivity contribution in [3.05, 3.63) is 65.2 Å². The first-order valence-corrected chi connectivity index (χ1v) is 9.71. The molecule has 2 heterocycles. The van der Waals surface area contributed by atoms with E-state index < -0.39 is 23.1 Å². The van der Waals surface area contributed by atoms with Gasteiger partial charge in [0.25, 0.3) is 5.91 Å². The quantitative estimate of drug-likeness (QED) is 0.834. The molecule has 2 amide bonds. The molecule has 0 radical (unpaired) electrons. The monoisotopic (exact) mass is 415 g/mol. The summed E-state index contributed by atoms with van der Waals surface area (Å²) in [5, 5.41) is 3.02. The number of nitrogens with one attached hydrogen (secondary N) is 1. The zero-order valence-electron chi connectivity index (χ0n) is 16.8. The summed E-state index contributed by atoms with van der Waals surface area (Å²) >= 11 is 0. The molecule has 1 spiro atoms. The number of halogens is 2. The van der Waals surface area contributed by atoms with Gasteiger partial charge in [-0.05, 0) is 18.2 Å². The van der Waals surface area contributed by atoms with Crippen molar-refractivity contribution in [1.29, 1.82) is 0 Å². The molecule has 4 rings (SSSR count). The molecular weight excluding hydrogens is 392 g/mol. The highest BCUT2D eigenvalue weighted by Crippen LogP contribution is 2.35. The Morgan fingerprint density at radius 1 is 1.23 bits per heavy atom. The Bertz CT molecular complexity index is 997. The number of benzene rings is 2. The van der Waals surface area contributed by atoms with Crippen LogP contribution in [0.1, 0.15) is 15.9 Å². The van der Waals surface area contributed by atoms with Crippen molar-refractivity contribution in [2.24, 2.45) is 5.92 Å². The fourth-order valence-corrected chi connectivity index (χ4v) is 4.25. The standard InChI is InChI=1S/C22H23F2N3O3/c1-26(2)21(29)16-11-27(10-14-6-5-8-17(23)19(14)24)12-22(16)13-30-18-9-4-3-7-15(18)20(28)25-22/h3-9,16H,10-13H2,1-2H3,(H,25,28)/t16-,22-/m1/s1. The number of likely N-dealkylation sites (tertiary alicyclic amines) is 1. The van der Waals surface area contributed by atoms with Crippen LogP contribution in [0.2, 0.25) is 0 Å². The van der Waals surface area contributed by atoms with Crippen LogP contribution < -0.4 is 10.1 Å². The van der Waals surface area contributed by atoms with Crippen molar-refractivity contribution >= 4 is 11.8 Å². The Hall–Kier alpha value is -3.00. The van der Waals surface area contributed by atoms with Crippen LogP contribution in [0.15, 0.2) is 42.5 Å². The summed E-state index contributed by atoms with van der Waals surface area (Å²) < 4.78 is 33.8. The number of amides is 2. The number of carbonyl (C=O) groups is 2. The summed E-state index contributed by atoms with van der Waals surface area (Å²) in [7, 11) is 3.30. The minimum Gasteiger partial charge on any atom is -0.490 e. The van der Waals surface area contributed by atoms with Gasteiger partial charge in [-0.1, -0.05) is 24.3 Å². The Labute approximate surface area is 173 Å². The molecule has 158 valence electrons. The first-order chi connectivity index (χ1) is 14.3. The van der Waals surface area contributed by atoms with Gasteiger partial charge >= 0.3 is 0 Å². The number of fused-ring (bicyclic) bond motifs is 1. The molecular formula is C22H23F2N3O3. The number of hydrogen-bond acceptors (Lipinski definition) is 4. The highest BCUT2D eigenvalue weighted by Gasteiger charge is 2.53. The van der Waals surface area contributed by atoms with E-state index in [4.69, 9.17) is 4.74 Å². The van der Waals surface area contributed by atoms with Crippen molar-refractivity contribution < 1.29 is 23.1 Å². The Balaban J connectivity index is 1.66. The second-order valence-electron chi connectivity index (χ2n) is 8.06. The van der Waals surface area contributed by atoms with E-state index in [0.29, 0.717) is 11.3 Å². The first kappa shape index (κ1) is 20.3. The van der Waals surface area contributed by atoms with Crippen LogP contribution in [0.3, 0.4) is 0 Å². The van der Waals surface area contributed by atoms with Gasteiger partial charge in [-0.15, -0.1) is 0 Å². The molecule has 30 heavy (non-hydrogen) atoms. The van der Waals surface area contributed by atoms with Crippen LogP contribution in [0.25, 0.3) is 0 Å². The normalized spacial score (nSPS) is 23.5. The topological polar surface area (TPSA) is 61.9 Å². The third-order valence-corrected chi connectivity index (χ3v) is 5.76. The van der Waals surface area contributed by atoms with Gasteiger partial charge in [0.2, 0.25) is 5.91 Å². The molecule has 0 saturated carbocycles. The Kier molecular flexibility index (Phi) is 5.19. The maximum Gasteiger partial charge on any atom is 0.255 e. The molecule has 2 aromatic rings. The second kappa shape index (κ2) is 7.68. The summed E-state index contributed by atoms with van der Waals surface area (Å²) in [6.07, 6.45) is 0. The fourth-order valence-electron chi connectivity index (χ4n) is 4.25. The lowest BCUT2D eigenvalue weighted by Crippen LogP contribution is -2.60. The Morgan fingerprint density at radius 3 is 2.77 bits per heavy atom. The Morgan fingerprint density at radius 2 is 2.00 bits per heavy atom. The van der Waals surface area contributed by atoms with Crippen LogP contribution in [-0.2, 0) is 11.3 Å². The molecule has 2 aliphatic heterocycles. The molecule has 0 unspecified atom stereocenters. The molecule has 0 bridgehead atoms. The number of ether oxygens (including phenoxy) is 1. The van der Waals surface area contributed by atoms with Gasteiger partial charge < -0.3 is 15.0 Å². The molecule has 0 aliphatic carbocycles. The molecule has 8 heteroatoms.